The molecule has 0 aliphatic heterocycles. The highest BCUT2D eigenvalue weighted by Crippen LogP contribution is 2.33. The van der Waals surface area contributed by atoms with Crippen LogP contribution in [0.1, 0.15) is 45.4 Å². The van der Waals surface area contributed by atoms with E-state index in [0.717, 1.165) is 36.5 Å². The smallest absolute Gasteiger partial charge is 0.131 e. The lowest BCUT2D eigenvalue weighted by Crippen LogP contribution is -2.08. The Morgan fingerprint density at radius 1 is 1.19 bits per heavy atom. The molecule has 3 nitrogen and oxygen atoms in total. The van der Waals surface area contributed by atoms with Crippen molar-refractivity contribution >= 4 is 29.0 Å². The Bertz CT molecular complexity index is 612. The van der Waals surface area contributed by atoms with Crippen molar-refractivity contribution in [1.29, 1.82) is 0 Å². The molecule has 0 aliphatic rings. The standard InChI is InChI=1S/C16H21Cl2N3/c1-4-5-6-21-15(19)14(20-16(21)10(2)3)11-7-12(17)9-13(18)8-11/h7-10H,4-6,19H2,1-3H3. The molecule has 0 bridgehead atoms. The second-order valence-corrected chi connectivity index (χ2v) is 6.39. The van der Waals surface area contributed by atoms with E-state index in [1.54, 1.807) is 6.07 Å². The van der Waals surface area contributed by atoms with Gasteiger partial charge < -0.3 is 10.3 Å². The van der Waals surface area contributed by atoms with Crippen molar-refractivity contribution in [3.8, 4) is 11.3 Å². The van der Waals surface area contributed by atoms with Gasteiger partial charge in [0, 0.05) is 28.1 Å². The van der Waals surface area contributed by atoms with Gasteiger partial charge in [0.05, 0.1) is 0 Å². The molecule has 2 aromatic rings. The summed E-state index contributed by atoms with van der Waals surface area (Å²) in [5.74, 6) is 2.00. The molecule has 0 aliphatic carbocycles. The van der Waals surface area contributed by atoms with Crippen molar-refractivity contribution in [2.24, 2.45) is 0 Å². The van der Waals surface area contributed by atoms with E-state index in [-0.39, 0.29) is 0 Å². The fourth-order valence-corrected chi connectivity index (χ4v) is 2.90. The van der Waals surface area contributed by atoms with Gasteiger partial charge in [-0.1, -0.05) is 50.4 Å². The monoisotopic (exact) mass is 325 g/mol. The molecule has 1 aromatic carbocycles. The first-order chi connectivity index (χ1) is 9.93. The number of halogens is 2. The summed E-state index contributed by atoms with van der Waals surface area (Å²) >= 11 is 12.2. The van der Waals surface area contributed by atoms with Crippen LogP contribution in [0.3, 0.4) is 0 Å². The lowest BCUT2D eigenvalue weighted by molar-refractivity contribution is 0.588. The summed E-state index contributed by atoms with van der Waals surface area (Å²) in [5.41, 5.74) is 7.96. The van der Waals surface area contributed by atoms with Crippen LogP contribution in [0.25, 0.3) is 11.3 Å². The van der Waals surface area contributed by atoms with Crippen molar-refractivity contribution < 1.29 is 0 Å². The Kier molecular flexibility index (Phi) is 5.17. The molecule has 1 heterocycles. The van der Waals surface area contributed by atoms with Crippen LogP contribution >= 0.6 is 23.2 Å². The van der Waals surface area contributed by atoms with Gasteiger partial charge in [-0.2, -0.15) is 0 Å². The summed E-state index contributed by atoms with van der Waals surface area (Å²) in [6, 6.07) is 5.40. The van der Waals surface area contributed by atoms with Crippen LogP contribution in [0.5, 0.6) is 0 Å². The molecule has 0 saturated heterocycles. The molecule has 0 spiro atoms. The Hall–Kier alpha value is -1.19. The van der Waals surface area contributed by atoms with Gasteiger partial charge in [-0.25, -0.2) is 4.98 Å². The van der Waals surface area contributed by atoms with Crippen LogP contribution in [0, 0.1) is 0 Å². The van der Waals surface area contributed by atoms with Crippen molar-refractivity contribution in [3.63, 3.8) is 0 Å². The molecule has 5 heteroatoms. The highest BCUT2D eigenvalue weighted by Gasteiger charge is 2.18. The van der Waals surface area contributed by atoms with Gasteiger partial charge in [0.15, 0.2) is 0 Å². The topological polar surface area (TPSA) is 43.8 Å². The third-order valence-corrected chi connectivity index (χ3v) is 3.86. The third-order valence-electron chi connectivity index (χ3n) is 3.42. The summed E-state index contributed by atoms with van der Waals surface area (Å²) in [5, 5.41) is 1.18. The average Bonchev–Trinajstić information content (AvgIpc) is 2.72. The number of benzene rings is 1. The van der Waals surface area contributed by atoms with Gasteiger partial charge in [-0.15, -0.1) is 0 Å². The second-order valence-electron chi connectivity index (χ2n) is 5.52. The van der Waals surface area contributed by atoms with Gasteiger partial charge in [0.2, 0.25) is 0 Å². The predicted molar refractivity (Wildman–Crippen MR) is 91.1 cm³/mol. The van der Waals surface area contributed by atoms with E-state index in [4.69, 9.17) is 33.9 Å². The molecule has 0 saturated carbocycles. The molecule has 1 aromatic heterocycles. The number of nitrogens with two attached hydrogens (primary N) is 1. The number of imidazole rings is 1. The average molecular weight is 326 g/mol. The minimum absolute atomic E-state index is 0.313. The molecule has 2 rings (SSSR count). The number of unbranched alkanes of at least 4 members (excludes halogenated alkanes) is 1. The zero-order valence-electron chi connectivity index (χ0n) is 12.7. The first-order valence-electron chi connectivity index (χ1n) is 7.26. The van der Waals surface area contributed by atoms with Crippen LogP contribution in [0.2, 0.25) is 10.0 Å². The highest BCUT2D eigenvalue weighted by atomic mass is 35.5. The van der Waals surface area contributed by atoms with Crippen molar-refractivity contribution in [2.75, 3.05) is 5.73 Å². The normalized spacial score (nSPS) is 11.3. The molecular weight excluding hydrogens is 305 g/mol. The zero-order valence-corrected chi connectivity index (χ0v) is 14.2. The maximum Gasteiger partial charge on any atom is 0.131 e. The number of hydrogen-bond acceptors (Lipinski definition) is 2. The van der Waals surface area contributed by atoms with E-state index in [1.807, 2.05) is 12.1 Å². The Labute approximate surface area is 136 Å². The summed E-state index contributed by atoms with van der Waals surface area (Å²) in [6.45, 7) is 7.30. The molecule has 0 atom stereocenters. The van der Waals surface area contributed by atoms with Gasteiger partial charge >= 0.3 is 0 Å². The number of nitrogen functional groups attached to an aromatic ring is 1. The van der Waals surface area contributed by atoms with Crippen molar-refractivity contribution in [1.82, 2.24) is 9.55 Å². The van der Waals surface area contributed by atoms with Crippen LogP contribution in [-0.2, 0) is 6.54 Å². The number of nitrogens with zero attached hydrogens (tertiary/aromatic N) is 2. The van der Waals surface area contributed by atoms with E-state index >= 15 is 0 Å². The van der Waals surface area contributed by atoms with Gasteiger partial charge in [-0.3, -0.25) is 0 Å². The largest absolute Gasteiger partial charge is 0.383 e. The van der Waals surface area contributed by atoms with Gasteiger partial charge in [0.1, 0.15) is 17.3 Å². The molecule has 114 valence electrons. The zero-order chi connectivity index (χ0) is 15.6. The molecule has 0 unspecified atom stereocenters. The molecule has 0 fully saturated rings. The quantitative estimate of drug-likeness (QED) is 0.803. The number of anilines is 1. The Balaban J connectivity index is 2.53. The van der Waals surface area contributed by atoms with Gasteiger partial charge in [0.25, 0.3) is 0 Å². The number of rotatable bonds is 5. The Morgan fingerprint density at radius 2 is 1.81 bits per heavy atom. The van der Waals surface area contributed by atoms with Gasteiger partial charge in [-0.05, 0) is 24.6 Å². The highest BCUT2D eigenvalue weighted by molar-refractivity contribution is 6.35. The molecule has 0 amide bonds. The van der Waals surface area contributed by atoms with Crippen LogP contribution in [-0.4, -0.2) is 9.55 Å². The molecular formula is C16H21Cl2N3. The van der Waals surface area contributed by atoms with Crippen LogP contribution in [0.15, 0.2) is 18.2 Å². The Morgan fingerprint density at radius 3 is 2.33 bits per heavy atom. The minimum Gasteiger partial charge on any atom is -0.383 e. The lowest BCUT2D eigenvalue weighted by atomic mass is 10.1. The summed E-state index contributed by atoms with van der Waals surface area (Å²) in [4.78, 5) is 4.74. The summed E-state index contributed by atoms with van der Waals surface area (Å²) < 4.78 is 2.11. The van der Waals surface area contributed by atoms with E-state index in [1.165, 1.54) is 0 Å². The molecule has 2 N–H and O–H groups in total. The van der Waals surface area contributed by atoms with Crippen LogP contribution < -0.4 is 5.73 Å². The predicted octanol–water partition coefficient (Wildman–Crippen LogP) is 5.36. The third kappa shape index (κ3) is 3.53. The van der Waals surface area contributed by atoms with E-state index in [2.05, 4.69) is 25.3 Å². The summed E-state index contributed by atoms with van der Waals surface area (Å²) in [7, 11) is 0. The molecule has 21 heavy (non-hydrogen) atoms. The van der Waals surface area contributed by atoms with E-state index in [0.29, 0.717) is 21.8 Å². The van der Waals surface area contributed by atoms with Crippen LogP contribution in [0.4, 0.5) is 5.82 Å². The maximum atomic E-state index is 6.33. The first kappa shape index (κ1) is 16.2. The lowest BCUT2D eigenvalue weighted by Gasteiger charge is -2.11. The van der Waals surface area contributed by atoms with Crippen molar-refractivity contribution in [2.45, 2.75) is 46.1 Å². The summed E-state index contributed by atoms with van der Waals surface area (Å²) in [6.07, 6.45) is 2.20. The van der Waals surface area contributed by atoms with E-state index < -0.39 is 0 Å². The first-order valence-corrected chi connectivity index (χ1v) is 8.02. The molecule has 0 radical (unpaired) electrons. The fourth-order valence-electron chi connectivity index (χ4n) is 2.38. The van der Waals surface area contributed by atoms with Crippen molar-refractivity contribution in [3.05, 3.63) is 34.1 Å². The maximum absolute atomic E-state index is 6.33. The number of hydrogen-bond donors (Lipinski definition) is 1. The minimum atomic E-state index is 0.313. The fraction of sp³-hybridized carbons (Fsp3) is 0.438. The van der Waals surface area contributed by atoms with E-state index in [9.17, 15) is 0 Å². The second kappa shape index (κ2) is 6.71. The number of aromatic nitrogens is 2. The SMILES string of the molecule is CCCCn1c(C(C)C)nc(-c2cc(Cl)cc(Cl)c2)c1N.